The molecule has 0 fully saturated rings. The predicted molar refractivity (Wildman–Crippen MR) is 79.1 cm³/mol. The molecule has 102 valence electrons. The smallest absolute Gasteiger partial charge is 0.186 e. The number of hydrogen-bond donors (Lipinski definition) is 1. The topological polar surface area (TPSA) is 56.7 Å². The van der Waals surface area contributed by atoms with Crippen molar-refractivity contribution in [2.24, 2.45) is 12.8 Å². The summed E-state index contributed by atoms with van der Waals surface area (Å²) in [6.45, 7) is 4.28. The maximum atomic E-state index is 6.32. The lowest BCUT2D eigenvalue weighted by Crippen LogP contribution is -2.21. The number of nitrogens with zero attached hydrogens (tertiary/aromatic N) is 3. The largest absolute Gasteiger partial charge is 0.323 e. The zero-order chi connectivity index (χ0) is 13.8. The van der Waals surface area contributed by atoms with Gasteiger partial charge in [0.1, 0.15) is 6.33 Å². The number of nitrogens with two attached hydrogens (primary N) is 1. The van der Waals surface area contributed by atoms with E-state index in [0.717, 1.165) is 11.6 Å². The van der Waals surface area contributed by atoms with Crippen molar-refractivity contribution in [1.29, 1.82) is 0 Å². The van der Waals surface area contributed by atoms with Crippen molar-refractivity contribution in [1.82, 2.24) is 14.8 Å². The van der Waals surface area contributed by atoms with Gasteiger partial charge in [0, 0.05) is 18.3 Å². The normalized spacial score (nSPS) is 14.3. The van der Waals surface area contributed by atoms with Crippen LogP contribution in [0.4, 0.5) is 0 Å². The molecule has 0 radical (unpaired) electrons. The van der Waals surface area contributed by atoms with Crippen LogP contribution in [0.25, 0.3) is 0 Å². The molecule has 19 heavy (non-hydrogen) atoms. The Morgan fingerprint density at radius 2 is 2.00 bits per heavy atom. The summed E-state index contributed by atoms with van der Waals surface area (Å²) in [6, 6.07) is 8.53. The third kappa shape index (κ3) is 3.36. The fourth-order valence-corrected chi connectivity index (χ4v) is 2.82. The minimum absolute atomic E-state index is 0.00685. The molecule has 0 saturated heterocycles. The van der Waals surface area contributed by atoms with Crippen molar-refractivity contribution in [2.45, 2.75) is 36.7 Å². The van der Waals surface area contributed by atoms with Crippen LogP contribution >= 0.6 is 11.8 Å². The van der Waals surface area contributed by atoms with Gasteiger partial charge in [-0.1, -0.05) is 49.9 Å². The molecule has 2 N–H and O–H groups in total. The van der Waals surface area contributed by atoms with E-state index in [2.05, 4.69) is 48.2 Å². The zero-order valence-electron chi connectivity index (χ0n) is 11.6. The first-order valence-corrected chi connectivity index (χ1v) is 7.35. The van der Waals surface area contributed by atoms with Crippen molar-refractivity contribution in [3.8, 4) is 0 Å². The summed E-state index contributed by atoms with van der Waals surface area (Å²) < 4.78 is 1.77. The molecule has 5 heteroatoms. The average Bonchev–Trinajstić information content (AvgIpc) is 2.83. The quantitative estimate of drug-likeness (QED) is 0.853. The summed E-state index contributed by atoms with van der Waals surface area (Å²) in [6.07, 6.45) is 2.62. The minimum Gasteiger partial charge on any atom is -0.323 e. The summed E-state index contributed by atoms with van der Waals surface area (Å²) in [5.41, 5.74) is 8.82. The van der Waals surface area contributed by atoms with Gasteiger partial charge < -0.3 is 5.73 Å². The lowest BCUT2D eigenvalue weighted by molar-refractivity contribution is 0.670. The molecular formula is C14H20N4S. The number of aryl methyl sites for hydroxylation is 2. The number of hydrogen-bond acceptors (Lipinski definition) is 4. The predicted octanol–water partition coefficient (Wildman–Crippen LogP) is 2.56. The second kappa shape index (κ2) is 6.21. The standard InChI is InChI=1S/C14H20N4S/c1-4-11-5-7-12(8-6-11)13(15)10(2)19-14-16-9-17-18(14)3/h5-10,13H,4,15H2,1-3H3. The maximum absolute atomic E-state index is 6.32. The Bertz CT molecular complexity index is 520. The molecule has 0 saturated carbocycles. The fraction of sp³-hybridized carbons (Fsp3) is 0.429. The Kier molecular flexibility index (Phi) is 4.61. The van der Waals surface area contributed by atoms with Gasteiger partial charge in [-0.3, -0.25) is 0 Å². The van der Waals surface area contributed by atoms with Gasteiger partial charge in [0.15, 0.2) is 5.16 Å². The molecule has 1 aromatic heterocycles. The highest BCUT2D eigenvalue weighted by molar-refractivity contribution is 7.99. The van der Waals surface area contributed by atoms with Crippen molar-refractivity contribution >= 4 is 11.8 Å². The Morgan fingerprint density at radius 1 is 1.32 bits per heavy atom. The lowest BCUT2D eigenvalue weighted by atomic mass is 10.0. The lowest BCUT2D eigenvalue weighted by Gasteiger charge is -2.19. The third-order valence-electron chi connectivity index (χ3n) is 3.24. The van der Waals surface area contributed by atoms with Gasteiger partial charge in [-0.2, -0.15) is 5.10 Å². The minimum atomic E-state index is -0.00685. The molecule has 1 aromatic carbocycles. The number of benzene rings is 1. The van der Waals surface area contributed by atoms with E-state index in [0.29, 0.717) is 0 Å². The summed E-state index contributed by atoms with van der Waals surface area (Å²) in [5.74, 6) is 0. The Morgan fingerprint density at radius 3 is 2.53 bits per heavy atom. The third-order valence-corrected chi connectivity index (χ3v) is 4.49. The molecule has 2 rings (SSSR count). The molecule has 1 heterocycles. The first-order chi connectivity index (χ1) is 9.11. The molecule has 0 aliphatic carbocycles. The molecule has 0 bridgehead atoms. The van der Waals surface area contributed by atoms with E-state index in [1.54, 1.807) is 22.8 Å². The van der Waals surface area contributed by atoms with E-state index in [1.165, 1.54) is 11.1 Å². The Hall–Kier alpha value is -1.33. The highest BCUT2D eigenvalue weighted by Crippen LogP contribution is 2.29. The van der Waals surface area contributed by atoms with E-state index < -0.39 is 0 Å². The SMILES string of the molecule is CCc1ccc(C(N)C(C)Sc2ncnn2C)cc1. The van der Waals surface area contributed by atoms with Gasteiger partial charge in [0.05, 0.1) is 0 Å². The van der Waals surface area contributed by atoms with Crippen LogP contribution in [-0.2, 0) is 13.5 Å². The molecule has 2 atom stereocenters. The highest BCUT2D eigenvalue weighted by atomic mass is 32.2. The van der Waals surface area contributed by atoms with E-state index in [9.17, 15) is 0 Å². The van der Waals surface area contributed by atoms with Crippen molar-refractivity contribution in [3.05, 3.63) is 41.7 Å². The summed E-state index contributed by atoms with van der Waals surface area (Å²) in [5, 5.41) is 5.21. The molecular weight excluding hydrogens is 256 g/mol. The molecule has 2 unspecified atom stereocenters. The first-order valence-electron chi connectivity index (χ1n) is 6.47. The van der Waals surface area contributed by atoms with Crippen LogP contribution in [0.2, 0.25) is 0 Å². The van der Waals surface area contributed by atoms with Crippen LogP contribution in [0.1, 0.15) is 31.0 Å². The maximum Gasteiger partial charge on any atom is 0.186 e. The molecule has 4 nitrogen and oxygen atoms in total. The van der Waals surface area contributed by atoms with E-state index in [1.807, 2.05) is 7.05 Å². The van der Waals surface area contributed by atoms with Gasteiger partial charge in [0.2, 0.25) is 0 Å². The summed E-state index contributed by atoms with van der Waals surface area (Å²) >= 11 is 1.65. The van der Waals surface area contributed by atoms with Gasteiger partial charge in [-0.05, 0) is 17.5 Å². The van der Waals surface area contributed by atoms with Crippen LogP contribution in [0.3, 0.4) is 0 Å². The molecule has 0 amide bonds. The highest BCUT2D eigenvalue weighted by Gasteiger charge is 2.18. The monoisotopic (exact) mass is 276 g/mol. The molecule has 0 aliphatic heterocycles. The fourth-order valence-electron chi connectivity index (χ4n) is 1.88. The summed E-state index contributed by atoms with van der Waals surface area (Å²) in [4.78, 5) is 4.22. The van der Waals surface area contributed by atoms with Crippen LogP contribution in [0.15, 0.2) is 35.7 Å². The first kappa shape index (κ1) is 14.1. The number of rotatable bonds is 5. The second-order valence-electron chi connectivity index (χ2n) is 4.61. The van der Waals surface area contributed by atoms with Gasteiger partial charge in [-0.15, -0.1) is 0 Å². The number of thioether (sulfide) groups is 1. The van der Waals surface area contributed by atoms with Gasteiger partial charge in [-0.25, -0.2) is 9.67 Å². The van der Waals surface area contributed by atoms with Gasteiger partial charge in [0.25, 0.3) is 0 Å². The average molecular weight is 276 g/mol. The Labute approximate surface area is 118 Å². The van der Waals surface area contributed by atoms with E-state index in [4.69, 9.17) is 5.73 Å². The van der Waals surface area contributed by atoms with E-state index >= 15 is 0 Å². The van der Waals surface area contributed by atoms with E-state index in [-0.39, 0.29) is 11.3 Å². The van der Waals surface area contributed by atoms with Crippen LogP contribution in [0, 0.1) is 0 Å². The van der Waals surface area contributed by atoms with Crippen LogP contribution < -0.4 is 5.73 Å². The molecule has 0 spiro atoms. The van der Waals surface area contributed by atoms with Crippen molar-refractivity contribution in [2.75, 3.05) is 0 Å². The number of aromatic nitrogens is 3. The molecule has 2 aromatic rings. The van der Waals surface area contributed by atoms with Crippen molar-refractivity contribution < 1.29 is 0 Å². The second-order valence-corrected chi connectivity index (χ2v) is 5.95. The zero-order valence-corrected chi connectivity index (χ0v) is 12.4. The van der Waals surface area contributed by atoms with Crippen molar-refractivity contribution in [3.63, 3.8) is 0 Å². The summed E-state index contributed by atoms with van der Waals surface area (Å²) in [7, 11) is 1.89. The van der Waals surface area contributed by atoms with Crippen LogP contribution in [-0.4, -0.2) is 20.0 Å². The van der Waals surface area contributed by atoms with Gasteiger partial charge >= 0.3 is 0 Å². The van der Waals surface area contributed by atoms with Crippen LogP contribution in [0.5, 0.6) is 0 Å². The Balaban J connectivity index is 2.05. The molecule has 0 aliphatic rings.